The van der Waals surface area contributed by atoms with Crippen molar-refractivity contribution in [2.75, 3.05) is 39.8 Å². The highest BCUT2D eigenvalue weighted by Gasteiger charge is 2.25. The van der Waals surface area contributed by atoms with Crippen LogP contribution in [0.3, 0.4) is 0 Å². The molecular weight excluding hydrogens is 491 g/mol. The van der Waals surface area contributed by atoms with Crippen molar-refractivity contribution in [2.45, 2.75) is 19.3 Å². The summed E-state index contributed by atoms with van der Waals surface area (Å²) in [7, 11) is 1.59. The number of carbonyl (C=O) groups excluding carboxylic acids is 1. The Balaban J connectivity index is 0.00000320. The molecule has 1 atom stereocenters. The molecule has 0 aliphatic carbocycles. The molecule has 2 aromatic carbocycles. The summed E-state index contributed by atoms with van der Waals surface area (Å²) in [5.41, 5.74) is 1.97. The number of benzene rings is 2. The van der Waals surface area contributed by atoms with Crippen molar-refractivity contribution in [3.05, 3.63) is 65.7 Å². The highest BCUT2D eigenvalue weighted by Crippen LogP contribution is 2.26. The van der Waals surface area contributed by atoms with Gasteiger partial charge in [-0.1, -0.05) is 36.4 Å². The molecule has 1 unspecified atom stereocenters. The maximum absolute atomic E-state index is 12.3. The maximum Gasteiger partial charge on any atom is 0.251 e. The molecule has 1 heterocycles. The second kappa shape index (κ2) is 12.4. The number of nitrogens with zero attached hydrogens (tertiary/aromatic N) is 2. The Kier molecular flexibility index (Phi) is 9.93. The first-order valence-electron chi connectivity index (χ1n) is 10.2. The average molecular weight is 522 g/mol. The Labute approximate surface area is 196 Å². The lowest BCUT2D eigenvalue weighted by Crippen LogP contribution is -2.40. The number of hydrogen-bond donors (Lipinski definition) is 2. The van der Waals surface area contributed by atoms with E-state index in [1.807, 2.05) is 12.1 Å². The molecule has 1 fully saturated rings. The molecule has 2 N–H and O–H groups in total. The Morgan fingerprint density at radius 1 is 1.17 bits per heavy atom. The van der Waals surface area contributed by atoms with E-state index in [1.165, 1.54) is 5.56 Å². The predicted molar refractivity (Wildman–Crippen MR) is 132 cm³/mol. The smallest absolute Gasteiger partial charge is 0.251 e. The van der Waals surface area contributed by atoms with Crippen LogP contribution in [0.4, 0.5) is 0 Å². The minimum Gasteiger partial charge on any atom is -0.497 e. The van der Waals surface area contributed by atoms with Gasteiger partial charge in [-0.15, -0.1) is 24.0 Å². The van der Waals surface area contributed by atoms with Crippen molar-refractivity contribution >= 4 is 35.8 Å². The molecule has 162 valence electrons. The van der Waals surface area contributed by atoms with Gasteiger partial charge in [0.25, 0.3) is 5.91 Å². The van der Waals surface area contributed by atoms with E-state index < -0.39 is 0 Å². The first-order chi connectivity index (χ1) is 14.2. The molecule has 7 heteroatoms. The van der Waals surface area contributed by atoms with Gasteiger partial charge in [-0.3, -0.25) is 9.79 Å². The molecule has 3 rings (SSSR count). The Hall–Kier alpha value is -2.29. The van der Waals surface area contributed by atoms with Crippen molar-refractivity contribution in [2.24, 2.45) is 4.99 Å². The van der Waals surface area contributed by atoms with E-state index in [9.17, 15) is 4.79 Å². The average Bonchev–Trinajstić information content (AvgIpc) is 3.26. The monoisotopic (exact) mass is 522 g/mol. The van der Waals surface area contributed by atoms with Crippen molar-refractivity contribution in [1.82, 2.24) is 15.5 Å². The number of rotatable bonds is 7. The van der Waals surface area contributed by atoms with Gasteiger partial charge in [-0.2, -0.15) is 0 Å². The zero-order chi connectivity index (χ0) is 20.5. The van der Waals surface area contributed by atoms with Gasteiger partial charge < -0.3 is 20.3 Å². The lowest BCUT2D eigenvalue weighted by atomic mass is 9.99. The molecule has 2 aromatic rings. The lowest BCUT2D eigenvalue weighted by molar-refractivity contribution is 0.0954. The predicted octanol–water partition coefficient (Wildman–Crippen LogP) is 3.50. The van der Waals surface area contributed by atoms with Gasteiger partial charge in [0, 0.05) is 37.7 Å². The van der Waals surface area contributed by atoms with E-state index in [2.05, 4.69) is 52.8 Å². The summed E-state index contributed by atoms with van der Waals surface area (Å²) in [6, 6.07) is 17.8. The summed E-state index contributed by atoms with van der Waals surface area (Å²) in [4.78, 5) is 19.3. The summed E-state index contributed by atoms with van der Waals surface area (Å²) >= 11 is 0. The van der Waals surface area contributed by atoms with Crippen LogP contribution in [0.25, 0.3) is 0 Å². The number of nitrogens with one attached hydrogen (secondary N) is 2. The largest absolute Gasteiger partial charge is 0.497 e. The molecule has 0 spiro atoms. The summed E-state index contributed by atoms with van der Waals surface area (Å²) < 4.78 is 5.17. The first kappa shape index (κ1) is 24.0. The van der Waals surface area contributed by atoms with Gasteiger partial charge in [0.05, 0.1) is 13.7 Å². The van der Waals surface area contributed by atoms with Crippen LogP contribution in [0.15, 0.2) is 59.6 Å². The number of hydrogen-bond acceptors (Lipinski definition) is 3. The number of likely N-dealkylation sites (tertiary alicyclic amines) is 1. The minimum atomic E-state index is -0.116. The van der Waals surface area contributed by atoms with E-state index in [1.54, 1.807) is 19.2 Å². The van der Waals surface area contributed by atoms with Crippen molar-refractivity contribution in [3.8, 4) is 5.75 Å². The number of guanidine groups is 1. The fourth-order valence-corrected chi connectivity index (χ4v) is 3.57. The van der Waals surface area contributed by atoms with Crippen molar-refractivity contribution < 1.29 is 9.53 Å². The second-order valence-electron chi connectivity index (χ2n) is 7.07. The molecule has 0 radical (unpaired) electrons. The summed E-state index contributed by atoms with van der Waals surface area (Å²) in [6.07, 6.45) is 1.13. The summed E-state index contributed by atoms with van der Waals surface area (Å²) in [6.45, 7) is 5.87. The third-order valence-electron chi connectivity index (χ3n) is 5.08. The molecule has 1 aliphatic rings. The van der Waals surface area contributed by atoms with Gasteiger partial charge in [0.15, 0.2) is 5.96 Å². The zero-order valence-electron chi connectivity index (χ0n) is 17.6. The summed E-state index contributed by atoms with van der Waals surface area (Å²) in [5.74, 6) is 2.01. The highest BCUT2D eigenvalue weighted by molar-refractivity contribution is 14.0. The van der Waals surface area contributed by atoms with Crippen LogP contribution >= 0.6 is 24.0 Å². The quantitative estimate of drug-likeness (QED) is 0.253. The standard InChI is InChI=1S/C23H30N4O2.HI/c1-3-24-23(27-15-12-20(17-27)18-8-5-4-6-9-18)26-14-13-25-22(28)19-10-7-11-21(16-19)29-2;/h4-11,16,20H,3,12-15,17H2,1-2H3,(H,24,26)(H,25,28);1H. The Morgan fingerprint density at radius 3 is 2.70 bits per heavy atom. The minimum absolute atomic E-state index is 0. The van der Waals surface area contributed by atoms with E-state index in [4.69, 9.17) is 9.73 Å². The number of halogens is 1. The van der Waals surface area contributed by atoms with Crippen LogP contribution in [0.5, 0.6) is 5.75 Å². The lowest BCUT2D eigenvalue weighted by Gasteiger charge is -2.22. The Bertz CT molecular complexity index is 829. The zero-order valence-corrected chi connectivity index (χ0v) is 20.0. The Morgan fingerprint density at radius 2 is 1.97 bits per heavy atom. The van der Waals surface area contributed by atoms with Crippen LogP contribution in [0, 0.1) is 0 Å². The van der Waals surface area contributed by atoms with E-state index in [0.29, 0.717) is 30.3 Å². The van der Waals surface area contributed by atoms with Crippen LogP contribution in [-0.4, -0.2) is 56.6 Å². The fourth-order valence-electron chi connectivity index (χ4n) is 3.57. The third-order valence-corrected chi connectivity index (χ3v) is 5.08. The molecule has 1 aliphatic heterocycles. The van der Waals surface area contributed by atoms with Gasteiger partial charge in [0.2, 0.25) is 0 Å². The van der Waals surface area contributed by atoms with Crippen LogP contribution in [0.2, 0.25) is 0 Å². The molecule has 0 aromatic heterocycles. The van der Waals surface area contributed by atoms with Crippen LogP contribution < -0.4 is 15.4 Å². The maximum atomic E-state index is 12.3. The number of amides is 1. The SMILES string of the molecule is CCNC(=NCCNC(=O)c1cccc(OC)c1)N1CCC(c2ccccc2)C1.I. The van der Waals surface area contributed by atoms with Gasteiger partial charge in [0.1, 0.15) is 5.75 Å². The molecule has 0 bridgehead atoms. The molecule has 1 saturated heterocycles. The fraction of sp³-hybridized carbons (Fsp3) is 0.391. The van der Waals surface area contributed by atoms with E-state index in [-0.39, 0.29) is 29.9 Å². The highest BCUT2D eigenvalue weighted by atomic mass is 127. The van der Waals surface area contributed by atoms with E-state index >= 15 is 0 Å². The molecule has 0 saturated carbocycles. The normalized spacial score (nSPS) is 16.0. The molecule has 6 nitrogen and oxygen atoms in total. The third kappa shape index (κ3) is 6.62. The second-order valence-corrected chi connectivity index (χ2v) is 7.07. The van der Waals surface area contributed by atoms with Gasteiger partial charge >= 0.3 is 0 Å². The summed E-state index contributed by atoms with van der Waals surface area (Å²) in [5, 5.41) is 6.30. The molecule has 30 heavy (non-hydrogen) atoms. The van der Waals surface area contributed by atoms with Crippen molar-refractivity contribution in [1.29, 1.82) is 0 Å². The number of methoxy groups -OCH3 is 1. The number of ether oxygens (including phenoxy) is 1. The van der Waals surface area contributed by atoms with Gasteiger partial charge in [-0.05, 0) is 37.1 Å². The number of carbonyl (C=O) groups is 1. The van der Waals surface area contributed by atoms with Gasteiger partial charge in [-0.25, -0.2) is 0 Å². The van der Waals surface area contributed by atoms with Crippen LogP contribution in [0.1, 0.15) is 35.2 Å². The first-order valence-corrected chi connectivity index (χ1v) is 10.2. The van der Waals surface area contributed by atoms with Crippen LogP contribution in [-0.2, 0) is 0 Å². The van der Waals surface area contributed by atoms with E-state index in [0.717, 1.165) is 32.0 Å². The molecular formula is C23H31IN4O2. The topological polar surface area (TPSA) is 66.0 Å². The number of aliphatic imine (C=N–C) groups is 1. The van der Waals surface area contributed by atoms with Crippen molar-refractivity contribution in [3.63, 3.8) is 0 Å². The molecule has 1 amide bonds.